The van der Waals surface area contributed by atoms with Crippen LogP contribution in [0.2, 0.25) is 0 Å². The molecule has 0 fully saturated rings. The summed E-state index contributed by atoms with van der Waals surface area (Å²) in [5.74, 6) is -0.147. The van der Waals surface area contributed by atoms with Crippen LogP contribution in [0, 0.1) is 5.82 Å². The predicted octanol–water partition coefficient (Wildman–Crippen LogP) is 3.49. The zero-order chi connectivity index (χ0) is 12.7. The van der Waals surface area contributed by atoms with Crippen molar-refractivity contribution in [3.63, 3.8) is 0 Å². The Hall–Kier alpha value is -0.540. The van der Waals surface area contributed by atoms with Gasteiger partial charge >= 0.3 is 0 Å². The van der Waals surface area contributed by atoms with Crippen molar-refractivity contribution in [3.05, 3.63) is 35.6 Å². The van der Waals surface area contributed by atoms with Crippen LogP contribution >= 0.6 is 11.8 Å². The van der Waals surface area contributed by atoms with Gasteiger partial charge in [0, 0.05) is 11.3 Å². The van der Waals surface area contributed by atoms with Crippen molar-refractivity contribution in [2.75, 3.05) is 12.8 Å². The van der Waals surface area contributed by atoms with Crippen LogP contribution in [0.15, 0.2) is 24.3 Å². The molecule has 1 rings (SSSR count). The Morgan fingerprint density at radius 2 is 2.12 bits per heavy atom. The number of benzene rings is 1. The Morgan fingerprint density at radius 3 is 2.76 bits per heavy atom. The van der Waals surface area contributed by atoms with Gasteiger partial charge in [-0.3, -0.25) is 0 Å². The second kappa shape index (κ2) is 7.72. The molecule has 1 N–H and O–H groups in total. The van der Waals surface area contributed by atoms with Gasteiger partial charge < -0.3 is 5.32 Å². The largest absolute Gasteiger partial charge is 0.314 e. The van der Waals surface area contributed by atoms with Gasteiger partial charge in [0.05, 0.1) is 0 Å². The molecule has 0 aromatic heterocycles. The number of nitrogens with one attached hydrogen (secondary N) is 1. The Kier molecular flexibility index (Phi) is 6.60. The fourth-order valence-corrected chi connectivity index (χ4v) is 2.09. The summed E-state index contributed by atoms with van der Waals surface area (Å²) in [7, 11) is 0. The first kappa shape index (κ1) is 14.5. The predicted molar refractivity (Wildman–Crippen MR) is 75.2 cm³/mol. The van der Waals surface area contributed by atoms with E-state index in [2.05, 4.69) is 25.4 Å². The van der Waals surface area contributed by atoms with Gasteiger partial charge in [-0.25, -0.2) is 4.39 Å². The fourth-order valence-electron chi connectivity index (χ4n) is 1.74. The zero-order valence-corrected chi connectivity index (χ0v) is 11.7. The molecule has 0 saturated heterocycles. The molecule has 0 heterocycles. The van der Waals surface area contributed by atoms with Crippen LogP contribution < -0.4 is 5.32 Å². The first-order chi connectivity index (χ1) is 8.11. The first-order valence-electron chi connectivity index (χ1n) is 6.12. The van der Waals surface area contributed by atoms with Crippen molar-refractivity contribution >= 4 is 11.8 Å². The van der Waals surface area contributed by atoms with E-state index >= 15 is 0 Å². The molecular formula is C14H22FNS. The molecule has 0 bridgehead atoms. The van der Waals surface area contributed by atoms with Gasteiger partial charge in [-0.2, -0.15) is 11.8 Å². The molecule has 17 heavy (non-hydrogen) atoms. The smallest absolute Gasteiger partial charge is 0.123 e. The van der Waals surface area contributed by atoms with Crippen LogP contribution in [0.5, 0.6) is 0 Å². The fraction of sp³-hybridized carbons (Fsp3) is 0.571. The summed E-state index contributed by atoms with van der Waals surface area (Å²) in [4.78, 5) is 0. The van der Waals surface area contributed by atoms with Gasteiger partial charge in [-0.15, -0.1) is 0 Å². The Morgan fingerprint density at radius 1 is 1.35 bits per heavy atom. The third kappa shape index (κ3) is 6.08. The molecule has 0 amide bonds. The summed E-state index contributed by atoms with van der Waals surface area (Å²) in [6.45, 7) is 5.41. The minimum absolute atomic E-state index is 0.147. The van der Waals surface area contributed by atoms with Gasteiger partial charge in [-0.1, -0.05) is 19.1 Å². The number of rotatable bonds is 7. The molecule has 2 atom stereocenters. The second-order valence-electron chi connectivity index (χ2n) is 4.52. The minimum atomic E-state index is -0.147. The molecule has 0 radical (unpaired) electrons. The lowest BCUT2D eigenvalue weighted by atomic mass is 10.1. The molecule has 0 aliphatic carbocycles. The third-order valence-corrected chi connectivity index (χ3v) is 3.92. The van der Waals surface area contributed by atoms with E-state index < -0.39 is 0 Å². The van der Waals surface area contributed by atoms with Gasteiger partial charge in [0.2, 0.25) is 0 Å². The van der Waals surface area contributed by atoms with Crippen LogP contribution in [0.1, 0.15) is 25.8 Å². The summed E-state index contributed by atoms with van der Waals surface area (Å²) in [6, 6.07) is 7.24. The van der Waals surface area contributed by atoms with E-state index in [1.807, 2.05) is 17.8 Å². The van der Waals surface area contributed by atoms with E-state index in [9.17, 15) is 4.39 Å². The summed E-state index contributed by atoms with van der Waals surface area (Å²) >= 11 is 1.89. The number of halogens is 1. The van der Waals surface area contributed by atoms with E-state index in [4.69, 9.17) is 0 Å². The highest BCUT2D eigenvalue weighted by molar-refractivity contribution is 7.99. The normalized spacial score (nSPS) is 14.6. The summed E-state index contributed by atoms with van der Waals surface area (Å²) in [6.07, 6.45) is 4.20. The van der Waals surface area contributed by atoms with E-state index in [0.717, 1.165) is 18.5 Å². The monoisotopic (exact) mass is 255 g/mol. The summed E-state index contributed by atoms with van der Waals surface area (Å²) in [5.41, 5.74) is 1.06. The molecule has 3 heteroatoms. The highest BCUT2D eigenvalue weighted by atomic mass is 32.2. The average molecular weight is 255 g/mol. The van der Waals surface area contributed by atoms with Crippen molar-refractivity contribution < 1.29 is 4.39 Å². The van der Waals surface area contributed by atoms with Crippen LogP contribution in [-0.4, -0.2) is 24.1 Å². The van der Waals surface area contributed by atoms with Crippen LogP contribution in [0.4, 0.5) is 4.39 Å². The second-order valence-corrected chi connectivity index (χ2v) is 5.80. The molecule has 2 unspecified atom stereocenters. The molecule has 0 spiro atoms. The zero-order valence-electron chi connectivity index (χ0n) is 10.9. The summed E-state index contributed by atoms with van der Waals surface area (Å²) < 4.78 is 13.0. The van der Waals surface area contributed by atoms with Crippen molar-refractivity contribution in [1.82, 2.24) is 5.32 Å². The summed E-state index contributed by atoms with van der Waals surface area (Å²) in [5, 5.41) is 4.18. The highest BCUT2D eigenvalue weighted by Gasteiger charge is 2.05. The Bertz CT molecular complexity index is 330. The van der Waals surface area contributed by atoms with E-state index in [1.165, 1.54) is 12.5 Å². The SMILES string of the molecule is CSC(C)CCNC(C)Cc1cccc(F)c1. The molecule has 0 aliphatic rings. The molecule has 1 nitrogen and oxygen atoms in total. The molecule has 1 aromatic rings. The molecule has 96 valence electrons. The highest BCUT2D eigenvalue weighted by Crippen LogP contribution is 2.09. The molecule has 0 aliphatic heterocycles. The number of hydrogen-bond acceptors (Lipinski definition) is 2. The van der Waals surface area contributed by atoms with Crippen LogP contribution in [-0.2, 0) is 6.42 Å². The van der Waals surface area contributed by atoms with Crippen molar-refractivity contribution in [2.45, 2.75) is 38.0 Å². The standard InChI is InChI=1S/C14H22FNS/c1-11(16-8-7-12(2)17-3)9-13-5-4-6-14(15)10-13/h4-6,10-12,16H,7-9H2,1-3H3. The molecular weight excluding hydrogens is 233 g/mol. The van der Waals surface area contributed by atoms with Crippen molar-refractivity contribution in [1.29, 1.82) is 0 Å². The lowest BCUT2D eigenvalue weighted by Crippen LogP contribution is -2.30. The minimum Gasteiger partial charge on any atom is -0.314 e. The van der Waals surface area contributed by atoms with E-state index in [1.54, 1.807) is 12.1 Å². The quantitative estimate of drug-likeness (QED) is 0.800. The maximum Gasteiger partial charge on any atom is 0.123 e. The lowest BCUT2D eigenvalue weighted by Gasteiger charge is -2.15. The van der Waals surface area contributed by atoms with Gasteiger partial charge in [0.25, 0.3) is 0 Å². The van der Waals surface area contributed by atoms with Crippen LogP contribution in [0.25, 0.3) is 0 Å². The average Bonchev–Trinajstić information content (AvgIpc) is 2.28. The van der Waals surface area contributed by atoms with E-state index in [-0.39, 0.29) is 5.82 Å². The van der Waals surface area contributed by atoms with E-state index in [0.29, 0.717) is 11.3 Å². The Balaban J connectivity index is 2.27. The first-order valence-corrected chi connectivity index (χ1v) is 7.41. The van der Waals surface area contributed by atoms with Crippen molar-refractivity contribution in [2.24, 2.45) is 0 Å². The number of thioether (sulfide) groups is 1. The molecule has 0 saturated carbocycles. The topological polar surface area (TPSA) is 12.0 Å². The molecule has 1 aromatic carbocycles. The lowest BCUT2D eigenvalue weighted by molar-refractivity contribution is 0.532. The van der Waals surface area contributed by atoms with Crippen LogP contribution in [0.3, 0.4) is 0 Å². The van der Waals surface area contributed by atoms with Gasteiger partial charge in [-0.05, 0) is 50.3 Å². The maximum absolute atomic E-state index is 13.0. The number of hydrogen-bond donors (Lipinski definition) is 1. The van der Waals surface area contributed by atoms with Gasteiger partial charge in [0.1, 0.15) is 5.82 Å². The maximum atomic E-state index is 13.0. The van der Waals surface area contributed by atoms with Crippen molar-refractivity contribution in [3.8, 4) is 0 Å². The third-order valence-electron chi connectivity index (χ3n) is 2.88. The Labute approximate surface area is 108 Å². The van der Waals surface area contributed by atoms with Gasteiger partial charge in [0.15, 0.2) is 0 Å².